The molecule has 0 aliphatic rings. The minimum atomic E-state index is -4.26. The largest absolute Gasteiger partial charge is 0.384 e. The van der Waals surface area contributed by atoms with Gasteiger partial charge in [0.2, 0.25) is 0 Å². The maximum Gasteiger partial charge on any atom is 0.324 e. The van der Waals surface area contributed by atoms with Crippen LogP contribution in [0, 0.1) is 18.8 Å². The first-order valence-corrected chi connectivity index (χ1v) is 6.24. The number of rotatable bonds is 4. The number of carbonyl (C=O) groups is 1. The van der Waals surface area contributed by atoms with E-state index >= 15 is 0 Å². The number of hydrogen-bond donors (Lipinski definition) is 2. The zero-order valence-electron chi connectivity index (χ0n) is 10.3. The normalized spacial score (nSPS) is 11.2. The highest BCUT2D eigenvalue weighted by Crippen LogP contribution is 2.23. The molecule has 1 heterocycles. The quantitative estimate of drug-likeness (QED) is 0.660. The van der Waals surface area contributed by atoms with Crippen LogP contribution in [-0.2, 0) is 0 Å². The van der Waals surface area contributed by atoms with Gasteiger partial charge in [-0.25, -0.2) is 8.78 Å². The van der Waals surface area contributed by atoms with Crippen molar-refractivity contribution in [1.29, 1.82) is 0 Å². The van der Waals surface area contributed by atoms with Crippen molar-refractivity contribution in [2.45, 2.75) is 19.3 Å². The second kappa shape index (κ2) is 6.72. The Morgan fingerprint density at radius 2 is 2.20 bits per heavy atom. The van der Waals surface area contributed by atoms with Gasteiger partial charge in [-0.2, -0.15) is 8.78 Å². The fourth-order valence-corrected chi connectivity index (χ4v) is 2.16. The van der Waals surface area contributed by atoms with E-state index in [4.69, 9.17) is 5.11 Å². The van der Waals surface area contributed by atoms with Gasteiger partial charge in [-0.15, -0.1) is 11.3 Å². The van der Waals surface area contributed by atoms with E-state index in [2.05, 4.69) is 11.8 Å². The van der Waals surface area contributed by atoms with E-state index in [1.165, 1.54) is 6.07 Å². The van der Waals surface area contributed by atoms with E-state index in [0.29, 0.717) is 10.4 Å². The summed E-state index contributed by atoms with van der Waals surface area (Å²) in [5, 5.41) is 10.3. The minimum absolute atomic E-state index is 0.0924. The van der Waals surface area contributed by atoms with E-state index in [1.54, 1.807) is 12.2 Å². The second-order valence-electron chi connectivity index (χ2n) is 3.83. The number of thiophene rings is 1. The van der Waals surface area contributed by atoms with Gasteiger partial charge in [-0.05, 0) is 18.6 Å². The van der Waals surface area contributed by atoms with Gasteiger partial charge in [0.1, 0.15) is 6.61 Å². The monoisotopic (exact) mass is 309 g/mol. The molecule has 0 unspecified atom stereocenters. The first-order valence-electron chi connectivity index (χ1n) is 5.42. The molecular weight excluding hydrogens is 298 g/mol. The Hall–Kier alpha value is -1.59. The highest BCUT2D eigenvalue weighted by atomic mass is 32.1. The van der Waals surface area contributed by atoms with Crippen LogP contribution in [0.15, 0.2) is 6.07 Å². The SMILES string of the molecule is Cc1cc(C(=O)NCC(F)(F)C(F)F)sc1C#CCO. The van der Waals surface area contributed by atoms with Crippen LogP contribution in [-0.4, -0.2) is 36.5 Å². The van der Waals surface area contributed by atoms with Gasteiger partial charge >= 0.3 is 12.3 Å². The summed E-state index contributed by atoms with van der Waals surface area (Å²) in [6.07, 6.45) is -3.83. The van der Waals surface area contributed by atoms with Crippen LogP contribution < -0.4 is 5.32 Å². The molecule has 20 heavy (non-hydrogen) atoms. The lowest BCUT2D eigenvalue weighted by Gasteiger charge is -2.15. The summed E-state index contributed by atoms with van der Waals surface area (Å²) in [5.41, 5.74) is 0.640. The van der Waals surface area contributed by atoms with Crippen LogP contribution in [0.1, 0.15) is 20.1 Å². The van der Waals surface area contributed by atoms with Crippen molar-refractivity contribution in [2.24, 2.45) is 0 Å². The Morgan fingerprint density at radius 3 is 2.75 bits per heavy atom. The minimum Gasteiger partial charge on any atom is -0.384 e. The second-order valence-corrected chi connectivity index (χ2v) is 4.88. The van der Waals surface area contributed by atoms with Gasteiger partial charge in [-0.1, -0.05) is 11.8 Å². The van der Waals surface area contributed by atoms with Crippen LogP contribution >= 0.6 is 11.3 Å². The van der Waals surface area contributed by atoms with Gasteiger partial charge in [-0.3, -0.25) is 4.79 Å². The lowest BCUT2D eigenvalue weighted by molar-refractivity contribution is -0.123. The Kier molecular flexibility index (Phi) is 5.53. The zero-order chi connectivity index (χ0) is 15.3. The van der Waals surface area contributed by atoms with Gasteiger partial charge in [0.15, 0.2) is 0 Å². The average molecular weight is 309 g/mol. The molecule has 0 aliphatic carbocycles. The number of hydrogen-bond acceptors (Lipinski definition) is 3. The number of aryl methyl sites for hydroxylation is 1. The fraction of sp³-hybridized carbons (Fsp3) is 0.417. The molecule has 1 aromatic rings. The van der Waals surface area contributed by atoms with Crippen LogP contribution in [0.25, 0.3) is 0 Å². The number of alkyl halides is 4. The third kappa shape index (κ3) is 4.21. The van der Waals surface area contributed by atoms with E-state index in [9.17, 15) is 22.4 Å². The Labute approximate surface area is 116 Å². The maximum absolute atomic E-state index is 12.7. The van der Waals surface area contributed by atoms with Gasteiger partial charge in [0.25, 0.3) is 5.91 Å². The molecule has 0 saturated heterocycles. The lowest BCUT2D eigenvalue weighted by Crippen LogP contribution is -2.41. The molecule has 0 radical (unpaired) electrons. The predicted octanol–water partition coefficient (Wildman–Crippen LogP) is 2.03. The molecule has 0 bridgehead atoms. The number of nitrogens with one attached hydrogen (secondary N) is 1. The summed E-state index contributed by atoms with van der Waals surface area (Å²) < 4.78 is 49.2. The van der Waals surface area contributed by atoms with E-state index in [0.717, 1.165) is 11.3 Å². The van der Waals surface area contributed by atoms with Crippen molar-refractivity contribution < 1.29 is 27.5 Å². The molecule has 0 saturated carbocycles. The molecule has 0 aliphatic heterocycles. The molecule has 0 spiro atoms. The summed E-state index contributed by atoms with van der Waals surface area (Å²) in [4.78, 5) is 12.2. The number of aliphatic hydroxyl groups excluding tert-OH is 1. The van der Waals surface area contributed by atoms with Crippen molar-refractivity contribution >= 4 is 17.2 Å². The Morgan fingerprint density at radius 1 is 1.55 bits per heavy atom. The molecule has 1 aromatic heterocycles. The Balaban J connectivity index is 2.74. The van der Waals surface area contributed by atoms with Gasteiger partial charge in [0, 0.05) is 0 Å². The smallest absolute Gasteiger partial charge is 0.324 e. The predicted molar refractivity (Wildman–Crippen MR) is 66.3 cm³/mol. The van der Waals surface area contributed by atoms with Gasteiger partial charge < -0.3 is 10.4 Å². The number of carbonyl (C=O) groups excluding carboxylic acids is 1. The zero-order valence-corrected chi connectivity index (χ0v) is 11.2. The molecular formula is C12H11F4NO2S. The highest BCUT2D eigenvalue weighted by Gasteiger charge is 2.40. The van der Waals surface area contributed by atoms with E-state index < -0.39 is 24.8 Å². The summed E-state index contributed by atoms with van der Waals surface area (Å²) in [7, 11) is 0. The summed E-state index contributed by atoms with van der Waals surface area (Å²) >= 11 is 0.937. The molecule has 2 N–H and O–H groups in total. The number of aliphatic hydroxyl groups is 1. The third-order valence-corrected chi connectivity index (χ3v) is 3.38. The molecule has 1 amide bonds. The third-order valence-electron chi connectivity index (χ3n) is 2.23. The van der Waals surface area contributed by atoms with E-state index in [1.807, 2.05) is 0 Å². The van der Waals surface area contributed by atoms with Crippen LogP contribution in [0.4, 0.5) is 17.6 Å². The average Bonchev–Trinajstić information content (AvgIpc) is 2.75. The van der Waals surface area contributed by atoms with Crippen molar-refractivity contribution in [3.8, 4) is 11.8 Å². The first-order chi connectivity index (χ1) is 9.27. The van der Waals surface area contributed by atoms with Crippen LogP contribution in [0.5, 0.6) is 0 Å². The van der Waals surface area contributed by atoms with Crippen molar-refractivity contribution in [1.82, 2.24) is 5.32 Å². The summed E-state index contributed by atoms with van der Waals surface area (Å²) in [6.45, 7) is -0.125. The Bertz CT molecular complexity index is 545. The van der Waals surface area contributed by atoms with E-state index in [-0.39, 0.29) is 11.5 Å². The number of amides is 1. The first kappa shape index (κ1) is 16.5. The molecule has 3 nitrogen and oxygen atoms in total. The number of halogens is 4. The molecule has 1 rings (SSSR count). The van der Waals surface area contributed by atoms with Crippen molar-refractivity contribution in [2.75, 3.05) is 13.2 Å². The maximum atomic E-state index is 12.7. The summed E-state index contributed by atoms with van der Waals surface area (Å²) in [6, 6.07) is 1.42. The molecule has 0 fully saturated rings. The molecule has 0 atom stereocenters. The van der Waals surface area contributed by atoms with Crippen LogP contribution in [0.2, 0.25) is 0 Å². The van der Waals surface area contributed by atoms with Crippen molar-refractivity contribution in [3.63, 3.8) is 0 Å². The van der Waals surface area contributed by atoms with Gasteiger partial charge in [0.05, 0.1) is 16.3 Å². The lowest BCUT2D eigenvalue weighted by atomic mass is 10.2. The topological polar surface area (TPSA) is 49.3 Å². The van der Waals surface area contributed by atoms with Crippen LogP contribution in [0.3, 0.4) is 0 Å². The molecule has 0 aromatic carbocycles. The fourth-order valence-electron chi connectivity index (χ4n) is 1.20. The highest BCUT2D eigenvalue weighted by molar-refractivity contribution is 7.14. The molecule has 110 valence electrons. The standard InChI is InChI=1S/C12H11F4NO2S/c1-7-5-9(20-8(7)3-2-4-18)10(19)17-6-12(15,16)11(13)14/h5,11,18H,4,6H2,1H3,(H,17,19). The molecule has 8 heteroatoms. The van der Waals surface area contributed by atoms with Crippen molar-refractivity contribution in [3.05, 3.63) is 21.4 Å². The summed E-state index contributed by atoms with van der Waals surface area (Å²) in [5.74, 6) is -0.135.